The number of nitro benzene ring substituents is 1. The molecule has 0 atom stereocenters. The lowest BCUT2D eigenvalue weighted by molar-refractivity contribution is -0.384. The topological polar surface area (TPSA) is 83.1 Å². The SMILES string of the molecule is N#Cc1ccc(-c2cncc3c2SCCN3Cc2cccc([N+](=O)[O-])c2)cc1. The Bertz CT molecular complexity index is 1080. The zero-order valence-electron chi connectivity index (χ0n) is 14.9. The van der Waals surface area contributed by atoms with Crippen LogP contribution >= 0.6 is 11.8 Å². The number of hydrogen-bond donors (Lipinski definition) is 0. The first-order chi connectivity index (χ1) is 13.7. The van der Waals surface area contributed by atoms with Crippen LogP contribution in [0.25, 0.3) is 11.1 Å². The summed E-state index contributed by atoms with van der Waals surface area (Å²) in [4.78, 5) is 18.5. The van der Waals surface area contributed by atoms with Crippen LogP contribution in [-0.2, 0) is 6.54 Å². The van der Waals surface area contributed by atoms with E-state index in [1.807, 2.05) is 42.7 Å². The van der Waals surface area contributed by atoms with Crippen LogP contribution in [0, 0.1) is 21.4 Å². The summed E-state index contributed by atoms with van der Waals surface area (Å²) in [5, 5.41) is 20.1. The molecule has 2 heterocycles. The zero-order valence-corrected chi connectivity index (χ0v) is 15.7. The van der Waals surface area contributed by atoms with E-state index in [0.29, 0.717) is 12.1 Å². The molecule has 0 amide bonds. The standard InChI is InChI=1S/C21H16N4O2S/c22-11-15-4-6-17(7-5-15)19-12-23-13-20-21(19)28-9-8-24(20)14-16-2-1-3-18(10-16)25(26)27/h1-7,10,12-13H,8-9,14H2. The number of hydrogen-bond acceptors (Lipinski definition) is 6. The summed E-state index contributed by atoms with van der Waals surface area (Å²) in [6, 6.07) is 16.4. The fourth-order valence-corrected chi connectivity index (χ4v) is 4.45. The molecular weight excluding hydrogens is 372 g/mol. The minimum Gasteiger partial charge on any atom is -0.364 e. The minimum absolute atomic E-state index is 0.105. The molecule has 0 saturated carbocycles. The molecule has 0 saturated heterocycles. The van der Waals surface area contributed by atoms with Crippen molar-refractivity contribution in [1.82, 2.24) is 4.98 Å². The molecule has 3 aromatic rings. The number of thioether (sulfide) groups is 1. The monoisotopic (exact) mass is 388 g/mol. The number of fused-ring (bicyclic) bond motifs is 1. The number of nitrogens with zero attached hydrogens (tertiary/aromatic N) is 4. The van der Waals surface area contributed by atoms with Gasteiger partial charge >= 0.3 is 0 Å². The third-order valence-electron chi connectivity index (χ3n) is 4.65. The van der Waals surface area contributed by atoms with Crippen LogP contribution in [-0.4, -0.2) is 22.2 Å². The van der Waals surface area contributed by atoms with Gasteiger partial charge in [0.1, 0.15) is 0 Å². The van der Waals surface area contributed by atoms with Crippen molar-refractivity contribution in [1.29, 1.82) is 5.26 Å². The van der Waals surface area contributed by atoms with Crippen molar-refractivity contribution in [3.63, 3.8) is 0 Å². The number of non-ortho nitro benzene ring substituents is 1. The predicted molar refractivity (Wildman–Crippen MR) is 109 cm³/mol. The molecule has 4 rings (SSSR count). The maximum atomic E-state index is 11.0. The Morgan fingerprint density at radius 3 is 2.79 bits per heavy atom. The lowest BCUT2D eigenvalue weighted by Crippen LogP contribution is -2.29. The van der Waals surface area contributed by atoms with E-state index < -0.39 is 0 Å². The van der Waals surface area contributed by atoms with Crippen molar-refractivity contribution in [3.8, 4) is 17.2 Å². The van der Waals surface area contributed by atoms with Gasteiger partial charge in [-0.25, -0.2) is 0 Å². The number of nitro groups is 1. The normalized spacial score (nSPS) is 12.9. The largest absolute Gasteiger partial charge is 0.364 e. The average Bonchev–Trinajstić information content (AvgIpc) is 2.74. The van der Waals surface area contributed by atoms with E-state index in [-0.39, 0.29) is 10.6 Å². The second kappa shape index (κ2) is 7.71. The number of benzene rings is 2. The third-order valence-corrected chi connectivity index (χ3v) is 5.75. The molecular formula is C21H16N4O2S. The van der Waals surface area contributed by atoms with Gasteiger partial charge < -0.3 is 4.90 Å². The second-order valence-electron chi connectivity index (χ2n) is 6.42. The van der Waals surface area contributed by atoms with Gasteiger partial charge in [-0.1, -0.05) is 24.3 Å². The van der Waals surface area contributed by atoms with Gasteiger partial charge in [0.15, 0.2) is 0 Å². The molecule has 0 bridgehead atoms. The number of aromatic nitrogens is 1. The second-order valence-corrected chi connectivity index (χ2v) is 7.53. The van der Waals surface area contributed by atoms with Crippen molar-refractivity contribution in [2.75, 3.05) is 17.2 Å². The molecule has 0 N–H and O–H groups in total. The molecule has 6 nitrogen and oxygen atoms in total. The van der Waals surface area contributed by atoms with Gasteiger partial charge in [-0.15, -0.1) is 11.8 Å². The first-order valence-electron chi connectivity index (χ1n) is 8.75. The van der Waals surface area contributed by atoms with Crippen LogP contribution in [0.15, 0.2) is 65.8 Å². The van der Waals surface area contributed by atoms with Gasteiger partial charge in [-0.2, -0.15) is 5.26 Å². The Hall–Kier alpha value is -3.37. The zero-order chi connectivity index (χ0) is 19.5. The molecule has 0 aliphatic carbocycles. The molecule has 7 heteroatoms. The summed E-state index contributed by atoms with van der Waals surface area (Å²) in [6.07, 6.45) is 3.70. The molecule has 0 spiro atoms. The molecule has 138 valence electrons. The van der Waals surface area contributed by atoms with E-state index in [1.165, 1.54) is 6.07 Å². The molecule has 1 aliphatic rings. The van der Waals surface area contributed by atoms with E-state index in [2.05, 4.69) is 16.0 Å². The highest BCUT2D eigenvalue weighted by Gasteiger charge is 2.22. The van der Waals surface area contributed by atoms with Crippen molar-refractivity contribution in [3.05, 3.63) is 82.2 Å². The Kier molecular flexibility index (Phi) is 4.96. The number of anilines is 1. The Morgan fingerprint density at radius 1 is 1.21 bits per heavy atom. The van der Waals surface area contributed by atoms with Gasteiger partial charge in [0.05, 0.1) is 28.4 Å². The predicted octanol–water partition coefficient (Wildman–Crippen LogP) is 4.64. The number of nitriles is 1. The molecule has 0 unspecified atom stereocenters. The van der Waals surface area contributed by atoms with Crippen molar-refractivity contribution in [2.24, 2.45) is 0 Å². The van der Waals surface area contributed by atoms with Crippen LogP contribution in [0.3, 0.4) is 0 Å². The lowest BCUT2D eigenvalue weighted by Gasteiger charge is -2.31. The fraction of sp³-hybridized carbons (Fsp3) is 0.143. The Morgan fingerprint density at radius 2 is 2.04 bits per heavy atom. The quantitative estimate of drug-likeness (QED) is 0.478. The van der Waals surface area contributed by atoms with Gasteiger partial charge in [-0.05, 0) is 23.3 Å². The van der Waals surface area contributed by atoms with E-state index >= 15 is 0 Å². The van der Waals surface area contributed by atoms with Crippen LogP contribution in [0.5, 0.6) is 0 Å². The average molecular weight is 388 g/mol. The maximum Gasteiger partial charge on any atom is 0.269 e. The summed E-state index contributed by atoms with van der Waals surface area (Å²) < 4.78 is 0. The highest BCUT2D eigenvalue weighted by molar-refractivity contribution is 7.99. The van der Waals surface area contributed by atoms with Gasteiger partial charge in [0.25, 0.3) is 5.69 Å². The first kappa shape index (κ1) is 18.0. The minimum atomic E-state index is -0.367. The summed E-state index contributed by atoms with van der Waals surface area (Å²) in [5.41, 5.74) is 4.72. The Balaban J connectivity index is 1.67. The Labute approximate surface area is 166 Å². The number of rotatable bonds is 4. The summed E-state index contributed by atoms with van der Waals surface area (Å²) in [5.74, 6) is 0.926. The van der Waals surface area contributed by atoms with Crippen molar-refractivity contribution < 1.29 is 4.92 Å². The fourth-order valence-electron chi connectivity index (χ4n) is 3.28. The number of pyridine rings is 1. The molecule has 1 aromatic heterocycles. The lowest BCUT2D eigenvalue weighted by atomic mass is 10.0. The van der Waals surface area contributed by atoms with E-state index in [0.717, 1.165) is 39.6 Å². The molecule has 0 fully saturated rings. The van der Waals surface area contributed by atoms with Crippen LogP contribution < -0.4 is 4.90 Å². The van der Waals surface area contributed by atoms with Gasteiger partial charge in [0.2, 0.25) is 0 Å². The maximum absolute atomic E-state index is 11.0. The van der Waals surface area contributed by atoms with E-state index in [4.69, 9.17) is 5.26 Å². The van der Waals surface area contributed by atoms with Crippen LogP contribution in [0.4, 0.5) is 11.4 Å². The summed E-state index contributed by atoms with van der Waals surface area (Å²) in [6.45, 7) is 1.44. The van der Waals surface area contributed by atoms with Crippen molar-refractivity contribution in [2.45, 2.75) is 11.4 Å². The third kappa shape index (κ3) is 3.55. The van der Waals surface area contributed by atoms with Crippen molar-refractivity contribution >= 4 is 23.1 Å². The van der Waals surface area contributed by atoms with E-state index in [1.54, 1.807) is 23.9 Å². The summed E-state index contributed by atoms with van der Waals surface area (Å²) in [7, 11) is 0. The van der Waals surface area contributed by atoms with E-state index in [9.17, 15) is 10.1 Å². The molecule has 1 aliphatic heterocycles. The highest BCUT2D eigenvalue weighted by Crippen LogP contribution is 2.41. The highest BCUT2D eigenvalue weighted by atomic mass is 32.2. The summed E-state index contributed by atoms with van der Waals surface area (Å²) >= 11 is 1.79. The van der Waals surface area contributed by atoms with Gasteiger partial charge in [-0.3, -0.25) is 15.1 Å². The van der Waals surface area contributed by atoms with Gasteiger partial charge in [0, 0.05) is 47.6 Å². The first-order valence-corrected chi connectivity index (χ1v) is 9.74. The molecule has 28 heavy (non-hydrogen) atoms. The van der Waals surface area contributed by atoms with Crippen LogP contribution in [0.2, 0.25) is 0 Å². The van der Waals surface area contributed by atoms with Crippen LogP contribution in [0.1, 0.15) is 11.1 Å². The smallest absolute Gasteiger partial charge is 0.269 e. The molecule has 2 aromatic carbocycles. The molecule has 0 radical (unpaired) electrons.